The summed E-state index contributed by atoms with van der Waals surface area (Å²) >= 11 is 0. The summed E-state index contributed by atoms with van der Waals surface area (Å²) in [6, 6.07) is 8.86. The van der Waals surface area contributed by atoms with Gasteiger partial charge in [-0.3, -0.25) is 4.57 Å². The molecule has 0 saturated carbocycles. The molecule has 24 heavy (non-hydrogen) atoms. The van der Waals surface area contributed by atoms with Crippen molar-refractivity contribution in [2.45, 2.75) is 20.4 Å². The molecule has 1 aromatic heterocycles. The maximum absolute atomic E-state index is 13.5. The molecule has 0 aliphatic rings. The SMILES string of the molecule is CCn1c(=O)oc2cc(NC(=O)Nc3ccc(C)c(F)c3)ccc21. The van der Waals surface area contributed by atoms with Gasteiger partial charge in [-0.2, -0.15) is 0 Å². The number of benzene rings is 2. The molecule has 0 saturated heterocycles. The van der Waals surface area contributed by atoms with Gasteiger partial charge < -0.3 is 15.1 Å². The quantitative estimate of drug-likeness (QED) is 0.769. The first-order valence-corrected chi connectivity index (χ1v) is 7.45. The highest BCUT2D eigenvalue weighted by Gasteiger charge is 2.10. The highest BCUT2D eigenvalue weighted by Crippen LogP contribution is 2.19. The Hall–Kier alpha value is -3.09. The summed E-state index contributed by atoms with van der Waals surface area (Å²) < 4.78 is 20.1. The number of carbonyl (C=O) groups excluding carboxylic acids is 1. The second-order valence-corrected chi connectivity index (χ2v) is 5.34. The van der Waals surface area contributed by atoms with E-state index in [9.17, 15) is 14.0 Å². The van der Waals surface area contributed by atoms with Gasteiger partial charge in [0.25, 0.3) is 0 Å². The number of nitrogens with zero attached hydrogens (tertiary/aromatic N) is 1. The van der Waals surface area contributed by atoms with Gasteiger partial charge in [0.1, 0.15) is 5.82 Å². The van der Waals surface area contributed by atoms with E-state index in [0.29, 0.717) is 34.6 Å². The number of urea groups is 1. The number of rotatable bonds is 3. The van der Waals surface area contributed by atoms with Crippen LogP contribution in [0.15, 0.2) is 45.6 Å². The molecule has 0 atom stereocenters. The predicted octanol–water partition coefficient (Wildman–Crippen LogP) is 3.71. The summed E-state index contributed by atoms with van der Waals surface area (Å²) in [4.78, 5) is 23.7. The minimum absolute atomic E-state index is 0.348. The fraction of sp³-hybridized carbons (Fsp3) is 0.176. The van der Waals surface area contributed by atoms with Crippen molar-refractivity contribution in [3.05, 3.63) is 58.3 Å². The normalized spacial score (nSPS) is 10.8. The summed E-state index contributed by atoms with van der Waals surface area (Å²) in [7, 11) is 0. The molecule has 124 valence electrons. The van der Waals surface area contributed by atoms with E-state index in [0.717, 1.165) is 0 Å². The van der Waals surface area contributed by atoms with Gasteiger partial charge in [-0.05, 0) is 43.7 Å². The minimum atomic E-state index is -0.519. The Morgan fingerprint density at radius 2 is 1.83 bits per heavy atom. The number of aryl methyl sites for hydroxylation is 2. The van der Waals surface area contributed by atoms with Gasteiger partial charge in [0.2, 0.25) is 0 Å². The third-order valence-electron chi connectivity index (χ3n) is 3.67. The van der Waals surface area contributed by atoms with E-state index < -0.39 is 17.6 Å². The zero-order chi connectivity index (χ0) is 17.3. The molecule has 0 unspecified atom stereocenters. The summed E-state index contributed by atoms with van der Waals surface area (Å²) in [5.41, 5.74) is 2.36. The molecule has 0 spiro atoms. The molecule has 2 N–H and O–H groups in total. The summed E-state index contributed by atoms with van der Waals surface area (Å²) in [5.74, 6) is -0.832. The molecule has 2 amide bonds. The number of fused-ring (bicyclic) bond motifs is 1. The van der Waals surface area contributed by atoms with Crippen molar-refractivity contribution in [1.82, 2.24) is 4.57 Å². The summed E-state index contributed by atoms with van der Waals surface area (Å²) in [6.07, 6.45) is 0. The van der Waals surface area contributed by atoms with Crippen molar-refractivity contribution in [2.75, 3.05) is 10.6 Å². The highest BCUT2D eigenvalue weighted by molar-refractivity contribution is 6.00. The van der Waals surface area contributed by atoms with Crippen LogP contribution in [0.4, 0.5) is 20.6 Å². The average molecular weight is 329 g/mol. The molecule has 3 rings (SSSR count). The van der Waals surface area contributed by atoms with Crippen molar-refractivity contribution in [3.8, 4) is 0 Å². The van der Waals surface area contributed by atoms with Gasteiger partial charge in [-0.15, -0.1) is 0 Å². The fourth-order valence-electron chi connectivity index (χ4n) is 2.41. The number of hydrogen-bond donors (Lipinski definition) is 2. The lowest BCUT2D eigenvalue weighted by Crippen LogP contribution is -2.19. The van der Waals surface area contributed by atoms with Crippen LogP contribution in [-0.4, -0.2) is 10.6 Å². The number of oxazole rings is 1. The van der Waals surface area contributed by atoms with Crippen LogP contribution in [0.3, 0.4) is 0 Å². The first kappa shape index (κ1) is 15.8. The lowest BCUT2D eigenvalue weighted by atomic mass is 10.2. The van der Waals surface area contributed by atoms with Crippen LogP contribution in [0, 0.1) is 12.7 Å². The summed E-state index contributed by atoms with van der Waals surface area (Å²) in [5, 5.41) is 5.17. The molecule has 0 fully saturated rings. The van der Waals surface area contributed by atoms with Crippen molar-refractivity contribution >= 4 is 28.5 Å². The van der Waals surface area contributed by atoms with Crippen molar-refractivity contribution < 1.29 is 13.6 Å². The molecule has 0 radical (unpaired) electrons. The first-order chi connectivity index (χ1) is 11.5. The van der Waals surface area contributed by atoms with Crippen molar-refractivity contribution in [3.63, 3.8) is 0 Å². The van der Waals surface area contributed by atoms with Crippen LogP contribution < -0.4 is 16.4 Å². The molecule has 0 aliphatic carbocycles. The molecule has 7 heteroatoms. The van der Waals surface area contributed by atoms with E-state index in [4.69, 9.17) is 4.42 Å². The maximum Gasteiger partial charge on any atom is 0.419 e. The number of nitrogens with one attached hydrogen (secondary N) is 2. The zero-order valence-corrected chi connectivity index (χ0v) is 13.2. The van der Waals surface area contributed by atoms with Crippen LogP contribution in [0.1, 0.15) is 12.5 Å². The smallest absolute Gasteiger partial charge is 0.408 e. The van der Waals surface area contributed by atoms with Gasteiger partial charge in [-0.25, -0.2) is 14.0 Å². The molecule has 0 bridgehead atoms. The van der Waals surface area contributed by atoms with Crippen LogP contribution in [-0.2, 0) is 6.54 Å². The monoisotopic (exact) mass is 329 g/mol. The number of amides is 2. The Labute approximate surface area is 136 Å². The Morgan fingerprint density at radius 3 is 2.50 bits per heavy atom. The van der Waals surface area contributed by atoms with E-state index in [1.54, 1.807) is 37.3 Å². The van der Waals surface area contributed by atoms with Gasteiger partial charge in [0.15, 0.2) is 5.58 Å². The Balaban J connectivity index is 1.77. The second kappa shape index (κ2) is 6.19. The van der Waals surface area contributed by atoms with Crippen molar-refractivity contribution in [2.24, 2.45) is 0 Å². The third kappa shape index (κ3) is 3.01. The van der Waals surface area contributed by atoms with Crippen molar-refractivity contribution in [1.29, 1.82) is 0 Å². The summed E-state index contributed by atoms with van der Waals surface area (Å²) in [6.45, 7) is 3.99. The standard InChI is InChI=1S/C17H16FN3O3/c1-3-21-14-7-6-12(9-15(14)24-17(21)23)20-16(22)19-11-5-4-10(2)13(18)8-11/h4-9H,3H2,1-2H3,(H2,19,20,22). The highest BCUT2D eigenvalue weighted by atomic mass is 19.1. The second-order valence-electron chi connectivity index (χ2n) is 5.34. The lowest BCUT2D eigenvalue weighted by Gasteiger charge is -2.08. The molecular weight excluding hydrogens is 313 g/mol. The predicted molar refractivity (Wildman–Crippen MR) is 89.9 cm³/mol. The largest absolute Gasteiger partial charge is 0.419 e. The minimum Gasteiger partial charge on any atom is -0.408 e. The van der Waals surface area contributed by atoms with E-state index in [1.807, 2.05) is 6.92 Å². The van der Waals surface area contributed by atoms with Crippen LogP contribution in [0.5, 0.6) is 0 Å². The number of carbonyl (C=O) groups is 1. The Bertz CT molecular complexity index is 975. The lowest BCUT2D eigenvalue weighted by molar-refractivity contribution is 0.262. The molecule has 1 heterocycles. The van der Waals surface area contributed by atoms with Gasteiger partial charge >= 0.3 is 11.8 Å². The topological polar surface area (TPSA) is 76.3 Å². The first-order valence-electron chi connectivity index (χ1n) is 7.45. The molecule has 2 aromatic carbocycles. The van der Waals surface area contributed by atoms with Crippen LogP contribution >= 0.6 is 0 Å². The van der Waals surface area contributed by atoms with Gasteiger partial charge in [-0.1, -0.05) is 6.07 Å². The van der Waals surface area contributed by atoms with E-state index in [2.05, 4.69) is 10.6 Å². The van der Waals surface area contributed by atoms with Gasteiger partial charge in [0, 0.05) is 24.0 Å². The Morgan fingerprint density at radius 1 is 1.17 bits per heavy atom. The maximum atomic E-state index is 13.5. The molecular formula is C17H16FN3O3. The zero-order valence-electron chi connectivity index (χ0n) is 13.2. The number of anilines is 2. The van der Waals surface area contributed by atoms with E-state index in [1.165, 1.54) is 10.6 Å². The molecule has 6 nitrogen and oxygen atoms in total. The number of aromatic nitrogens is 1. The number of halogens is 1. The molecule has 0 aliphatic heterocycles. The Kier molecular flexibility index (Phi) is 4.07. The van der Waals surface area contributed by atoms with Gasteiger partial charge in [0.05, 0.1) is 5.52 Å². The van der Waals surface area contributed by atoms with Crippen LogP contribution in [0.25, 0.3) is 11.1 Å². The van der Waals surface area contributed by atoms with E-state index >= 15 is 0 Å². The van der Waals surface area contributed by atoms with E-state index in [-0.39, 0.29) is 0 Å². The average Bonchev–Trinajstić information content (AvgIpc) is 2.85. The fourth-order valence-corrected chi connectivity index (χ4v) is 2.41. The number of hydrogen-bond acceptors (Lipinski definition) is 3. The molecule has 3 aromatic rings. The third-order valence-corrected chi connectivity index (χ3v) is 3.67. The van der Waals surface area contributed by atoms with Crippen LogP contribution in [0.2, 0.25) is 0 Å².